The van der Waals surface area contributed by atoms with Crippen molar-refractivity contribution in [3.05, 3.63) is 60.8 Å². The Labute approximate surface area is 182 Å². The van der Waals surface area contributed by atoms with Crippen LogP contribution in [0.4, 0.5) is 0 Å². The first-order valence-electron chi connectivity index (χ1n) is 10.4. The smallest absolute Gasteiger partial charge is 0.243 e. The molecule has 8 heteroatoms. The zero-order chi connectivity index (χ0) is 21.8. The molecule has 1 aliphatic rings. The monoisotopic (exact) mass is 441 g/mol. The highest BCUT2D eigenvalue weighted by molar-refractivity contribution is 7.89. The average Bonchev–Trinajstić information content (AvgIpc) is 3.21. The number of hydrogen-bond acceptors (Lipinski definition) is 4. The number of sulfonamides is 1. The van der Waals surface area contributed by atoms with Gasteiger partial charge in [0.15, 0.2) is 0 Å². The summed E-state index contributed by atoms with van der Waals surface area (Å²) in [5.41, 5.74) is 1.08. The summed E-state index contributed by atoms with van der Waals surface area (Å²) in [5.74, 6) is 0.384. The van der Waals surface area contributed by atoms with Crippen molar-refractivity contribution in [1.29, 1.82) is 0 Å². The quantitative estimate of drug-likeness (QED) is 0.611. The molecule has 2 aromatic carbocycles. The summed E-state index contributed by atoms with van der Waals surface area (Å²) in [5, 5.41) is 4.07. The SMILES string of the molecule is COc1ccc2c(ccn2CCNC(=O)C2CCCN(S(=O)(=O)c3ccccc3)C2)c1. The van der Waals surface area contributed by atoms with E-state index in [1.165, 1.54) is 4.31 Å². The lowest BCUT2D eigenvalue weighted by molar-refractivity contribution is -0.126. The molecular weight excluding hydrogens is 414 g/mol. The van der Waals surface area contributed by atoms with E-state index < -0.39 is 10.0 Å². The maximum absolute atomic E-state index is 12.9. The average molecular weight is 442 g/mol. The van der Waals surface area contributed by atoms with Gasteiger partial charge in [-0.25, -0.2) is 8.42 Å². The molecule has 0 spiro atoms. The summed E-state index contributed by atoms with van der Waals surface area (Å²) in [6, 6.07) is 16.3. The van der Waals surface area contributed by atoms with Crippen LogP contribution in [-0.4, -0.2) is 49.9 Å². The third-order valence-corrected chi connectivity index (χ3v) is 7.65. The molecule has 0 aliphatic carbocycles. The number of aromatic nitrogens is 1. The van der Waals surface area contributed by atoms with E-state index in [0.717, 1.165) is 16.7 Å². The Morgan fingerprint density at radius 3 is 2.74 bits per heavy atom. The summed E-state index contributed by atoms with van der Waals surface area (Å²) >= 11 is 0. The molecule has 1 unspecified atom stereocenters. The van der Waals surface area contributed by atoms with Crippen molar-refractivity contribution in [1.82, 2.24) is 14.2 Å². The fraction of sp³-hybridized carbons (Fsp3) is 0.348. The van der Waals surface area contributed by atoms with Gasteiger partial charge in [-0.1, -0.05) is 18.2 Å². The molecule has 2 heterocycles. The number of carbonyl (C=O) groups excluding carboxylic acids is 1. The highest BCUT2D eigenvalue weighted by atomic mass is 32.2. The van der Waals surface area contributed by atoms with E-state index in [0.29, 0.717) is 32.5 Å². The van der Waals surface area contributed by atoms with Gasteiger partial charge in [-0.3, -0.25) is 4.79 Å². The van der Waals surface area contributed by atoms with Crippen molar-refractivity contribution in [2.75, 3.05) is 26.7 Å². The molecule has 1 saturated heterocycles. The third-order valence-electron chi connectivity index (χ3n) is 5.77. The van der Waals surface area contributed by atoms with E-state index in [1.54, 1.807) is 37.4 Å². The predicted molar refractivity (Wildman–Crippen MR) is 119 cm³/mol. The number of nitrogens with one attached hydrogen (secondary N) is 1. The normalized spacial score (nSPS) is 17.5. The molecule has 1 amide bonds. The van der Waals surface area contributed by atoms with Gasteiger partial charge in [0, 0.05) is 43.3 Å². The van der Waals surface area contributed by atoms with Crippen molar-refractivity contribution in [2.24, 2.45) is 5.92 Å². The number of nitrogens with zero attached hydrogens (tertiary/aromatic N) is 2. The molecule has 164 valence electrons. The molecule has 1 fully saturated rings. The predicted octanol–water partition coefficient (Wildman–Crippen LogP) is 2.87. The fourth-order valence-corrected chi connectivity index (χ4v) is 5.61. The number of methoxy groups -OCH3 is 1. The largest absolute Gasteiger partial charge is 0.497 e. The van der Waals surface area contributed by atoms with Gasteiger partial charge < -0.3 is 14.6 Å². The second kappa shape index (κ2) is 9.11. The molecule has 1 atom stereocenters. The van der Waals surface area contributed by atoms with Crippen LogP contribution in [0.25, 0.3) is 10.9 Å². The van der Waals surface area contributed by atoms with Gasteiger partial charge in [0.2, 0.25) is 15.9 Å². The molecule has 0 bridgehead atoms. The van der Waals surface area contributed by atoms with Gasteiger partial charge in [0.25, 0.3) is 0 Å². The third kappa shape index (κ3) is 4.60. The molecule has 4 rings (SSSR count). The van der Waals surface area contributed by atoms with E-state index in [2.05, 4.69) is 9.88 Å². The van der Waals surface area contributed by atoms with Crippen LogP contribution >= 0.6 is 0 Å². The first-order chi connectivity index (χ1) is 15.0. The summed E-state index contributed by atoms with van der Waals surface area (Å²) in [6.45, 7) is 1.78. The summed E-state index contributed by atoms with van der Waals surface area (Å²) in [6.07, 6.45) is 3.36. The lowest BCUT2D eigenvalue weighted by atomic mass is 9.99. The van der Waals surface area contributed by atoms with Gasteiger partial charge in [-0.05, 0) is 49.2 Å². The van der Waals surface area contributed by atoms with Gasteiger partial charge in [0.1, 0.15) is 5.75 Å². The highest BCUT2D eigenvalue weighted by Crippen LogP contribution is 2.24. The van der Waals surface area contributed by atoms with Crippen molar-refractivity contribution < 1.29 is 17.9 Å². The topological polar surface area (TPSA) is 80.6 Å². The number of benzene rings is 2. The first kappa shape index (κ1) is 21.4. The molecule has 1 aliphatic heterocycles. The van der Waals surface area contributed by atoms with E-state index in [4.69, 9.17) is 4.74 Å². The number of fused-ring (bicyclic) bond motifs is 1. The van der Waals surface area contributed by atoms with Crippen LogP contribution in [0.15, 0.2) is 65.7 Å². The van der Waals surface area contributed by atoms with Crippen LogP contribution in [0.2, 0.25) is 0 Å². The van der Waals surface area contributed by atoms with Crippen molar-refractivity contribution in [3.8, 4) is 5.75 Å². The van der Waals surface area contributed by atoms with Gasteiger partial charge >= 0.3 is 0 Å². The van der Waals surface area contributed by atoms with Crippen LogP contribution in [-0.2, 0) is 21.4 Å². The number of ether oxygens (including phenoxy) is 1. The Kier molecular flexibility index (Phi) is 6.29. The van der Waals surface area contributed by atoms with Crippen molar-refractivity contribution >= 4 is 26.8 Å². The van der Waals surface area contributed by atoms with Crippen LogP contribution in [0, 0.1) is 5.92 Å². The molecule has 31 heavy (non-hydrogen) atoms. The lowest BCUT2D eigenvalue weighted by Gasteiger charge is -2.31. The minimum absolute atomic E-state index is 0.0916. The number of rotatable bonds is 7. The lowest BCUT2D eigenvalue weighted by Crippen LogP contribution is -2.45. The van der Waals surface area contributed by atoms with Crippen molar-refractivity contribution in [2.45, 2.75) is 24.3 Å². The Morgan fingerprint density at radius 1 is 1.16 bits per heavy atom. The Bertz CT molecular complexity index is 1160. The molecular formula is C23H27N3O4S. The zero-order valence-electron chi connectivity index (χ0n) is 17.5. The van der Waals surface area contributed by atoms with Gasteiger partial charge in [-0.2, -0.15) is 4.31 Å². The zero-order valence-corrected chi connectivity index (χ0v) is 18.3. The van der Waals surface area contributed by atoms with E-state index in [9.17, 15) is 13.2 Å². The van der Waals surface area contributed by atoms with Crippen LogP contribution < -0.4 is 10.1 Å². The molecule has 0 saturated carbocycles. The fourth-order valence-electron chi connectivity index (χ4n) is 4.06. The number of amides is 1. The summed E-state index contributed by atoms with van der Waals surface area (Å²) < 4.78 is 34.5. The number of hydrogen-bond donors (Lipinski definition) is 1. The standard InChI is InChI=1S/C23H27N3O4S/c1-30-20-9-10-22-18(16-20)11-14-25(22)15-12-24-23(27)19-6-5-13-26(17-19)31(28,29)21-7-3-2-4-8-21/h2-4,7-11,14,16,19H,5-6,12-13,15,17H2,1H3,(H,24,27). The first-order valence-corrected chi connectivity index (χ1v) is 11.9. The molecule has 3 aromatic rings. The minimum atomic E-state index is -3.58. The summed E-state index contributed by atoms with van der Waals surface area (Å²) in [4.78, 5) is 13.0. The molecule has 0 radical (unpaired) electrons. The molecule has 1 N–H and O–H groups in total. The number of piperidine rings is 1. The molecule has 1 aromatic heterocycles. The van der Waals surface area contributed by atoms with E-state index in [1.807, 2.05) is 30.5 Å². The second-order valence-corrected chi connectivity index (χ2v) is 9.68. The van der Waals surface area contributed by atoms with Crippen LogP contribution in [0.5, 0.6) is 5.75 Å². The van der Waals surface area contributed by atoms with Crippen molar-refractivity contribution in [3.63, 3.8) is 0 Å². The van der Waals surface area contributed by atoms with E-state index in [-0.39, 0.29) is 23.3 Å². The van der Waals surface area contributed by atoms with E-state index >= 15 is 0 Å². The van der Waals surface area contributed by atoms with Crippen LogP contribution in [0.1, 0.15) is 12.8 Å². The number of carbonyl (C=O) groups is 1. The highest BCUT2D eigenvalue weighted by Gasteiger charge is 2.33. The van der Waals surface area contributed by atoms with Gasteiger partial charge in [0.05, 0.1) is 17.9 Å². The Hall–Kier alpha value is -2.84. The Balaban J connectivity index is 1.35. The maximum Gasteiger partial charge on any atom is 0.243 e. The Morgan fingerprint density at radius 2 is 1.97 bits per heavy atom. The van der Waals surface area contributed by atoms with Crippen LogP contribution in [0.3, 0.4) is 0 Å². The molecule has 7 nitrogen and oxygen atoms in total. The summed E-state index contributed by atoms with van der Waals surface area (Å²) in [7, 11) is -1.93. The maximum atomic E-state index is 12.9. The second-order valence-electron chi connectivity index (χ2n) is 7.74. The van der Waals surface area contributed by atoms with Gasteiger partial charge in [-0.15, -0.1) is 0 Å². The minimum Gasteiger partial charge on any atom is -0.497 e.